The molecule has 0 radical (unpaired) electrons. The van der Waals surface area contributed by atoms with Gasteiger partial charge in [0, 0.05) is 19.9 Å². The Balaban J connectivity index is 2.44. The summed E-state index contributed by atoms with van der Waals surface area (Å²) in [6.07, 6.45) is -4.49. The Bertz CT molecular complexity index is 734. The van der Waals surface area contributed by atoms with Crippen LogP contribution >= 0.6 is 12.2 Å². The molecular weight excluding hydrogens is 369 g/mol. The molecule has 1 N–H and O–H groups in total. The van der Waals surface area contributed by atoms with Crippen molar-refractivity contribution < 1.29 is 27.4 Å². The van der Waals surface area contributed by atoms with Crippen molar-refractivity contribution in [2.24, 2.45) is 0 Å². The Kier molecular flexibility index (Phi) is 6.25. The van der Waals surface area contributed by atoms with Crippen LogP contribution in [-0.2, 0) is 20.4 Å². The number of ether oxygens (including phenoxy) is 2. The summed E-state index contributed by atoms with van der Waals surface area (Å²) >= 11 is 5.22. The second-order valence-corrected chi connectivity index (χ2v) is 6.08. The van der Waals surface area contributed by atoms with E-state index in [0.29, 0.717) is 10.8 Å². The largest absolute Gasteiger partial charge is 0.460 e. The van der Waals surface area contributed by atoms with Gasteiger partial charge in [0.15, 0.2) is 5.11 Å². The molecule has 0 aromatic heterocycles. The number of carbonyl (C=O) groups excluding carboxylic acids is 1. The molecule has 142 valence electrons. The first-order valence-electron chi connectivity index (χ1n) is 7.75. The van der Waals surface area contributed by atoms with Gasteiger partial charge in [-0.25, -0.2) is 4.79 Å². The van der Waals surface area contributed by atoms with Gasteiger partial charge in [-0.05, 0) is 36.8 Å². The Labute approximate surface area is 154 Å². The summed E-state index contributed by atoms with van der Waals surface area (Å²) < 4.78 is 49.1. The van der Waals surface area contributed by atoms with Gasteiger partial charge in [0.05, 0.1) is 23.8 Å². The number of benzene rings is 1. The van der Waals surface area contributed by atoms with Crippen molar-refractivity contribution in [1.82, 2.24) is 10.2 Å². The predicted octanol–water partition coefficient (Wildman–Crippen LogP) is 3.03. The maximum atomic E-state index is 13.0. The highest BCUT2D eigenvalue weighted by Gasteiger charge is 2.36. The van der Waals surface area contributed by atoms with Gasteiger partial charge in [0.2, 0.25) is 0 Å². The summed E-state index contributed by atoms with van der Waals surface area (Å²) in [6, 6.07) is 3.95. The molecular formula is C17H19F3N2O3S. The molecule has 0 bridgehead atoms. The third kappa shape index (κ3) is 4.34. The minimum absolute atomic E-state index is 0.0373. The van der Waals surface area contributed by atoms with Crippen LogP contribution in [0.4, 0.5) is 13.2 Å². The number of thiocarbonyl (C=S) groups is 1. The molecule has 0 spiro atoms. The van der Waals surface area contributed by atoms with Gasteiger partial charge < -0.3 is 19.7 Å². The Morgan fingerprint density at radius 1 is 1.35 bits per heavy atom. The zero-order valence-corrected chi connectivity index (χ0v) is 15.3. The number of nitrogens with one attached hydrogen (secondary N) is 1. The number of methoxy groups -OCH3 is 1. The van der Waals surface area contributed by atoms with Gasteiger partial charge in [-0.1, -0.05) is 12.1 Å². The molecule has 0 saturated heterocycles. The van der Waals surface area contributed by atoms with Crippen molar-refractivity contribution >= 4 is 23.3 Å². The minimum atomic E-state index is -4.49. The summed E-state index contributed by atoms with van der Waals surface area (Å²) in [5.41, 5.74) is 0.190. The lowest BCUT2D eigenvalue weighted by atomic mass is 9.94. The van der Waals surface area contributed by atoms with Gasteiger partial charge in [0.25, 0.3) is 0 Å². The molecule has 1 aliphatic heterocycles. The zero-order chi connectivity index (χ0) is 19.5. The van der Waals surface area contributed by atoms with Gasteiger partial charge in [0.1, 0.15) is 6.61 Å². The van der Waals surface area contributed by atoms with Crippen LogP contribution in [0, 0.1) is 0 Å². The van der Waals surface area contributed by atoms with Crippen molar-refractivity contribution in [3.8, 4) is 0 Å². The minimum Gasteiger partial charge on any atom is -0.460 e. The first-order valence-corrected chi connectivity index (χ1v) is 8.15. The SMILES string of the molecule is COCCOC(=O)C1=C(C)N(C)C(=S)N[C@@H]1c1cccc(C(F)(F)F)c1. The number of carbonyl (C=O) groups is 1. The van der Waals surface area contributed by atoms with E-state index in [1.54, 1.807) is 18.9 Å². The summed E-state index contributed by atoms with van der Waals surface area (Å²) in [5, 5.41) is 3.22. The van der Waals surface area contributed by atoms with Gasteiger partial charge in [-0.3, -0.25) is 0 Å². The van der Waals surface area contributed by atoms with Gasteiger partial charge >= 0.3 is 12.1 Å². The molecule has 9 heteroatoms. The average Bonchev–Trinajstić information content (AvgIpc) is 2.58. The molecule has 0 aliphatic carbocycles. The fourth-order valence-corrected chi connectivity index (χ4v) is 2.79. The van der Waals surface area contributed by atoms with Crippen LogP contribution < -0.4 is 5.32 Å². The number of alkyl halides is 3. The van der Waals surface area contributed by atoms with E-state index in [1.165, 1.54) is 19.2 Å². The Morgan fingerprint density at radius 2 is 2.04 bits per heavy atom. The lowest BCUT2D eigenvalue weighted by molar-refractivity contribution is -0.141. The van der Waals surface area contributed by atoms with Crippen LogP contribution in [0.5, 0.6) is 0 Å². The Hall–Kier alpha value is -2.13. The first kappa shape index (κ1) is 20.2. The zero-order valence-electron chi connectivity index (χ0n) is 14.5. The highest BCUT2D eigenvalue weighted by Crippen LogP contribution is 2.35. The molecule has 0 amide bonds. The number of hydrogen-bond acceptors (Lipinski definition) is 4. The molecule has 1 heterocycles. The van der Waals surface area contributed by atoms with Crippen molar-refractivity contribution in [1.29, 1.82) is 0 Å². The number of rotatable bonds is 5. The number of hydrogen-bond donors (Lipinski definition) is 1. The maximum absolute atomic E-state index is 13.0. The summed E-state index contributed by atoms with van der Waals surface area (Å²) in [5.74, 6) is -0.635. The molecule has 0 fully saturated rings. The van der Waals surface area contributed by atoms with E-state index >= 15 is 0 Å². The van der Waals surface area contributed by atoms with E-state index in [9.17, 15) is 18.0 Å². The van der Waals surface area contributed by atoms with Gasteiger partial charge in [-0.15, -0.1) is 0 Å². The second-order valence-electron chi connectivity index (χ2n) is 5.69. The van der Waals surface area contributed by atoms with Crippen molar-refractivity contribution in [2.45, 2.75) is 19.1 Å². The van der Waals surface area contributed by atoms with Crippen molar-refractivity contribution in [3.63, 3.8) is 0 Å². The second kappa shape index (κ2) is 8.05. The van der Waals surface area contributed by atoms with Gasteiger partial charge in [-0.2, -0.15) is 13.2 Å². The average molecular weight is 388 g/mol. The molecule has 1 aromatic carbocycles. The van der Waals surface area contributed by atoms with E-state index in [1.807, 2.05) is 0 Å². The Morgan fingerprint density at radius 3 is 2.65 bits per heavy atom. The van der Waals surface area contributed by atoms with Crippen molar-refractivity contribution in [2.75, 3.05) is 27.4 Å². The summed E-state index contributed by atoms with van der Waals surface area (Å²) in [6.45, 7) is 1.92. The molecule has 0 saturated carbocycles. The summed E-state index contributed by atoms with van der Waals surface area (Å²) in [4.78, 5) is 14.1. The van der Waals surface area contributed by atoms with E-state index in [4.69, 9.17) is 21.7 Å². The molecule has 2 rings (SSSR count). The molecule has 1 aliphatic rings. The molecule has 0 unspecified atom stereocenters. The molecule has 1 atom stereocenters. The highest BCUT2D eigenvalue weighted by atomic mass is 32.1. The molecule has 26 heavy (non-hydrogen) atoms. The number of esters is 1. The number of allylic oxidation sites excluding steroid dienone is 1. The van der Waals surface area contributed by atoms with Crippen LogP contribution in [0.2, 0.25) is 0 Å². The maximum Gasteiger partial charge on any atom is 0.416 e. The third-order valence-electron chi connectivity index (χ3n) is 4.04. The van der Waals surface area contributed by atoms with Crippen LogP contribution in [0.15, 0.2) is 35.5 Å². The van der Waals surface area contributed by atoms with E-state index in [-0.39, 0.29) is 24.4 Å². The molecule has 5 nitrogen and oxygen atoms in total. The van der Waals surface area contributed by atoms with Crippen LogP contribution in [0.1, 0.15) is 24.1 Å². The van der Waals surface area contributed by atoms with Crippen LogP contribution in [-0.4, -0.2) is 43.4 Å². The van der Waals surface area contributed by atoms with E-state index in [0.717, 1.165) is 12.1 Å². The normalized spacial score (nSPS) is 18.0. The first-order chi connectivity index (χ1) is 12.2. The predicted molar refractivity (Wildman–Crippen MR) is 93.2 cm³/mol. The third-order valence-corrected chi connectivity index (χ3v) is 4.43. The standard InChI is InChI=1S/C17H19F3N2O3S/c1-10-13(15(23)25-8-7-24-3)14(21-16(26)22(10)2)11-5-4-6-12(9-11)17(18,19)20/h4-6,9,14H,7-8H2,1-3H3,(H,21,26)/t14-/m1/s1. The van der Waals surface area contributed by atoms with Crippen molar-refractivity contribution in [3.05, 3.63) is 46.7 Å². The topological polar surface area (TPSA) is 50.8 Å². The lowest BCUT2D eigenvalue weighted by Gasteiger charge is -2.35. The van der Waals surface area contributed by atoms with E-state index in [2.05, 4.69) is 5.32 Å². The quantitative estimate of drug-likeness (QED) is 0.475. The fraction of sp³-hybridized carbons (Fsp3) is 0.412. The molecule has 1 aromatic rings. The highest BCUT2D eigenvalue weighted by molar-refractivity contribution is 7.80. The summed E-state index contributed by atoms with van der Waals surface area (Å²) in [7, 11) is 3.13. The number of halogens is 3. The fourth-order valence-electron chi connectivity index (χ4n) is 2.54. The number of nitrogens with zero attached hydrogens (tertiary/aromatic N) is 1. The smallest absolute Gasteiger partial charge is 0.416 e. The lowest BCUT2D eigenvalue weighted by Crippen LogP contribution is -2.46. The van der Waals surface area contributed by atoms with Crippen LogP contribution in [0.3, 0.4) is 0 Å². The van der Waals surface area contributed by atoms with E-state index < -0.39 is 23.8 Å². The van der Waals surface area contributed by atoms with Crippen LogP contribution in [0.25, 0.3) is 0 Å². The monoisotopic (exact) mass is 388 g/mol.